The number of Topliss-reactive ketones (excluding diaryl/α,β-unsaturated/α-hetero) is 1. The van der Waals surface area contributed by atoms with Crippen molar-refractivity contribution in [2.75, 3.05) is 18.5 Å². The quantitative estimate of drug-likeness (QED) is 0.346. The van der Waals surface area contributed by atoms with Gasteiger partial charge in [0.05, 0.1) is 22.1 Å². The van der Waals surface area contributed by atoms with Gasteiger partial charge < -0.3 is 10.4 Å². The lowest BCUT2D eigenvalue weighted by Gasteiger charge is -2.03. The van der Waals surface area contributed by atoms with Crippen molar-refractivity contribution in [1.82, 2.24) is 0 Å². The minimum atomic E-state index is -0.584. The number of hydrogen-bond acceptors (Lipinski definition) is 8. The van der Waals surface area contributed by atoms with Gasteiger partial charge in [-0.1, -0.05) is 0 Å². The topological polar surface area (TPSA) is 117 Å². The third kappa shape index (κ3) is 4.41. The Morgan fingerprint density at radius 3 is 2.61 bits per heavy atom. The summed E-state index contributed by atoms with van der Waals surface area (Å²) in [6, 6.07) is 8.11. The monoisotopic (exact) mass is 334 g/mol. The highest BCUT2D eigenvalue weighted by molar-refractivity contribution is 7.18. The van der Waals surface area contributed by atoms with Gasteiger partial charge in [0, 0.05) is 18.3 Å². The highest BCUT2D eigenvalue weighted by Gasteiger charge is 2.20. The van der Waals surface area contributed by atoms with Crippen molar-refractivity contribution in [2.24, 2.45) is 10.2 Å². The van der Waals surface area contributed by atoms with E-state index in [1.165, 1.54) is 13.0 Å². The molecule has 0 bridgehead atoms. The summed E-state index contributed by atoms with van der Waals surface area (Å²) in [7, 11) is 0. The number of ketones is 1. The van der Waals surface area contributed by atoms with Crippen LogP contribution in [0.2, 0.25) is 0 Å². The van der Waals surface area contributed by atoms with Crippen LogP contribution in [0.15, 0.2) is 40.6 Å². The van der Waals surface area contributed by atoms with Crippen LogP contribution in [0.3, 0.4) is 0 Å². The number of aliphatic hydroxyl groups excluding tert-OH is 1. The molecule has 0 atom stereocenters. The second-order valence-corrected chi connectivity index (χ2v) is 5.54. The zero-order valence-corrected chi connectivity index (χ0v) is 13.0. The molecule has 0 fully saturated rings. The first kappa shape index (κ1) is 16.7. The maximum atomic E-state index is 11.3. The molecule has 8 nitrogen and oxygen atoms in total. The number of carbonyl (C=O) groups is 1. The Balaban J connectivity index is 2.19. The lowest BCUT2D eigenvalue weighted by molar-refractivity contribution is -0.383. The van der Waals surface area contributed by atoms with Gasteiger partial charge in [0.15, 0.2) is 5.78 Å². The van der Waals surface area contributed by atoms with Crippen molar-refractivity contribution in [3.8, 4) is 0 Å². The van der Waals surface area contributed by atoms with Crippen LogP contribution < -0.4 is 5.32 Å². The van der Waals surface area contributed by atoms with Gasteiger partial charge in [-0.3, -0.25) is 14.9 Å². The second kappa shape index (κ2) is 7.56. The largest absolute Gasteiger partial charge is 0.395 e. The van der Waals surface area contributed by atoms with Gasteiger partial charge in [0.2, 0.25) is 5.00 Å². The van der Waals surface area contributed by atoms with E-state index in [1.807, 2.05) is 0 Å². The summed E-state index contributed by atoms with van der Waals surface area (Å²) in [5, 5.41) is 30.6. The Morgan fingerprint density at radius 1 is 1.35 bits per heavy atom. The van der Waals surface area contributed by atoms with Crippen molar-refractivity contribution in [2.45, 2.75) is 6.92 Å². The number of azo groups is 1. The summed E-state index contributed by atoms with van der Waals surface area (Å²) >= 11 is 0.938. The fraction of sp³-hybridized carbons (Fsp3) is 0.214. The molecule has 0 spiro atoms. The minimum absolute atomic E-state index is 0.0297. The zero-order chi connectivity index (χ0) is 16.8. The van der Waals surface area contributed by atoms with Crippen LogP contribution in [-0.4, -0.2) is 29.0 Å². The molecule has 0 saturated carbocycles. The van der Waals surface area contributed by atoms with Gasteiger partial charge >= 0.3 is 5.69 Å². The van der Waals surface area contributed by atoms with E-state index in [-0.39, 0.29) is 28.0 Å². The third-order valence-corrected chi connectivity index (χ3v) is 3.91. The SMILES string of the molecule is CC(=O)c1cc([N+](=O)[O-])c(N=Nc2ccc(NCCO)cc2)s1. The number of hydrogen-bond donors (Lipinski definition) is 2. The molecule has 2 aromatic rings. The van der Waals surface area contributed by atoms with E-state index in [9.17, 15) is 14.9 Å². The normalized spacial score (nSPS) is 10.9. The third-order valence-electron chi connectivity index (χ3n) is 2.80. The molecule has 2 N–H and O–H groups in total. The predicted octanol–water partition coefficient (Wildman–Crippen LogP) is 3.68. The zero-order valence-electron chi connectivity index (χ0n) is 12.2. The minimum Gasteiger partial charge on any atom is -0.395 e. The van der Waals surface area contributed by atoms with Crippen LogP contribution in [0.25, 0.3) is 0 Å². The molecule has 0 aliphatic heterocycles. The van der Waals surface area contributed by atoms with E-state index in [4.69, 9.17) is 5.11 Å². The average Bonchev–Trinajstić information content (AvgIpc) is 2.96. The van der Waals surface area contributed by atoms with Crippen molar-refractivity contribution < 1.29 is 14.8 Å². The number of rotatable bonds is 7. The summed E-state index contributed by atoms with van der Waals surface area (Å²) in [4.78, 5) is 22.0. The molecule has 0 saturated heterocycles. The molecule has 9 heteroatoms. The number of nitrogens with one attached hydrogen (secondary N) is 1. The number of aliphatic hydroxyl groups is 1. The molecule has 0 aliphatic rings. The molecule has 1 aromatic carbocycles. The standard InChI is InChI=1S/C14H14N4O4S/c1-9(20)13-8-12(18(21)22)14(23-13)17-16-11-4-2-10(3-5-11)15-6-7-19/h2-5,8,15,19H,6-7H2,1H3. The fourth-order valence-electron chi connectivity index (χ4n) is 1.70. The summed E-state index contributed by atoms with van der Waals surface area (Å²) < 4.78 is 0. The van der Waals surface area contributed by atoms with Gasteiger partial charge in [-0.15, -0.1) is 21.6 Å². The van der Waals surface area contributed by atoms with E-state index in [0.29, 0.717) is 12.2 Å². The number of anilines is 1. The number of thiophene rings is 1. The predicted molar refractivity (Wildman–Crippen MR) is 87.2 cm³/mol. The van der Waals surface area contributed by atoms with Crippen LogP contribution in [-0.2, 0) is 0 Å². The molecule has 23 heavy (non-hydrogen) atoms. The summed E-state index contributed by atoms with van der Waals surface area (Å²) in [6.45, 7) is 1.81. The summed E-state index contributed by atoms with van der Waals surface area (Å²) in [6.07, 6.45) is 0. The molecular formula is C14H14N4O4S. The molecule has 0 amide bonds. The summed E-state index contributed by atoms with van der Waals surface area (Å²) in [5.74, 6) is -0.251. The highest BCUT2D eigenvalue weighted by atomic mass is 32.1. The fourth-order valence-corrected chi connectivity index (χ4v) is 2.54. The Labute approximate surface area is 135 Å². The Bertz CT molecular complexity index is 740. The van der Waals surface area contributed by atoms with Gasteiger partial charge in [-0.25, -0.2) is 0 Å². The second-order valence-electron chi connectivity index (χ2n) is 4.51. The smallest absolute Gasteiger partial charge is 0.308 e. The lowest BCUT2D eigenvalue weighted by atomic mass is 10.3. The van der Waals surface area contributed by atoms with Gasteiger partial charge in [-0.2, -0.15) is 0 Å². The van der Waals surface area contributed by atoms with Gasteiger partial charge in [0.1, 0.15) is 0 Å². The van der Waals surface area contributed by atoms with E-state index in [0.717, 1.165) is 17.0 Å². The maximum Gasteiger partial charge on any atom is 0.308 e. The number of nitrogens with zero attached hydrogens (tertiary/aromatic N) is 3. The van der Waals surface area contributed by atoms with Crippen LogP contribution in [0.5, 0.6) is 0 Å². The van der Waals surface area contributed by atoms with Crippen molar-refractivity contribution >= 4 is 39.2 Å². The van der Waals surface area contributed by atoms with E-state index >= 15 is 0 Å². The van der Waals surface area contributed by atoms with Crippen molar-refractivity contribution in [1.29, 1.82) is 0 Å². The molecule has 0 aliphatic carbocycles. The van der Waals surface area contributed by atoms with E-state index < -0.39 is 4.92 Å². The van der Waals surface area contributed by atoms with E-state index in [1.54, 1.807) is 24.3 Å². The van der Waals surface area contributed by atoms with Gasteiger partial charge in [0.25, 0.3) is 0 Å². The highest BCUT2D eigenvalue weighted by Crippen LogP contribution is 2.38. The first-order valence-corrected chi connectivity index (χ1v) is 7.48. The Hall–Kier alpha value is -2.65. The van der Waals surface area contributed by atoms with Gasteiger partial charge in [-0.05, 0) is 31.2 Å². The summed E-state index contributed by atoms with van der Waals surface area (Å²) in [5.41, 5.74) is 1.11. The van der Waals surface area contributed by atoms with E-state index in [2.05, 4.69) is 15.5 Å². The van der Waals surface area contributed by atoms with Crippen molar-refractivity contribution in [3.63, 3.8) is 0 Å². The maximum absolute atomic E-state index is 11.3. The lowest BCUT2D eigenvalue weighted by Crippen LogP contribution is -2.04. The van der Waals surface area contributed by atoms with Crippen LogP contribution in [0.4, 0.5) is 22.1 Å². The molecule has 1 heterocycles. The number of nitro groups is 1. The van der Waals surface area contributed by atoms with Crippen LogP contribution in [0, 0.1) is 10.1 Å². The molecule has 1 aromatic heterocycles. The molecular weight excluding hydrogens is 320 g/mol. The molecule has 0 radical (unpaired) electrons. The molecule has 0 unspecified atom stereocenters. The number of benzene rings is 1. The van der Waals surface area contributed by atoms with Crippen molar-refractivity contribution in [3.05, 3.63) is 45.3 Å². The molecule has 2 rings (SSSR count). The average molecular weight is 334 g/mol. The molecule has 120 valence electrons. The Kier molecular flexibility index (Phi) is 5.50. The Morgan fingerprint density at radius 2 is 2.04 bits per heavy atom. The first-order chi connectivity index (χ1) is 11.0. The van der Waals surface area contributed by atoms with Crippen LogP contribution >= 0.6 is 11.3 Å². The van der Waals surface area contributed by atoms with Crippen LogP contribution in [0.1, 0.15) is 16.6 Å². The number of carbonyl (C=O) groups excluding carboxylic acids is 1. The first-order valence-electron chi connectivity index (χ1n) is 6.67.